The van der Waals surface area contributed by atoms with E-state index in [9.17, 15) is 0 Å². The zero-order chi connectivity index (χ0) is 13.9. The van der Waals surface area contributed by atoms with Gasteiger partial charge in [0.1, 0.15) is 0 Å². The fraction of sp³-hybridized carbons (Fsp3) is 0.125. The van der Waals surface area contributed by atoms with Gasteiger partial charge in [-0.2, -0.15) is 0 Å². The number of pyridine rings is 2. The molecule has 0 N–H and O–H groups in total. The third-order valence-corrected chi connectivity index (χ3v) is 3.47. The van der Waals surface area contributed by atoms with Crippen molar-refractivity contribution in [3.05, 3.63) is 65.6 Å². The Kier molecular flexibility index (Phi) is 3.52. The quantitative estimate of drug-likeness (QED) is 0.729. The van der Waals surface area contributed by atoms with E-state index in [0.717, 1.165) is 23.1 Å². The van der Waals surface area contributed by atoms with Crippen molar-refractivity contribution in [1.82, 2.24) is 9.97 Å². The Balaban J connectivity index is 1.97. The molecule has 3 nitrogen and oxygen atoms in total. The summed E-state index contributed by atoms with van der Waals surface area (Å²) in [6.45, 7) is 0.801. The summed E-state index contributed by atoms with van der Waals surface area (Å²) in [6, 6.07) is 11.8. The number of fused-ring (bicyclic) bond motifs is 1. The molecular formula is C16H14ClN3. The Morgan fingerprint density at radius 1 is 1.15 bits per heavy atom. The standard InChI is InChI=1S/C16H14ClN3/c1-20(11-12-3-2-7-18-10-12)16-6-8-19-15-9-13(17)4-5-14(15)16/h2-10H,11H2,1H3. The highest BCUT2D eigenvalue weighted by atomic mass is 35.5. The van der Waals surface area contributed by atoms with Crippen LogP contribution >= 0.6 is 11.6 Å². The van der Waals surface area contributed by atoms with Crippen molar-refractivity contribution in [3.8, 4) is 0 Å². The lowest BCUT2D eigenvalue weighted by molar-refractivity contribution is 0.919. The molecule has 0 unspecified atom stereocenters. The van der Waals surface area contributed by atoms with E-state index in [0.29, 0.717) is 5.02 Å². The molecule has 0 aliphatic carbocycles. The minimum absolute atomic E-state index is 0.706. The zero-order valence-corrected chi connectivity index (χ0v) is 11.9. The number of aromatic nitrogens is 2. The second-order valence-corrected chi connectivity index (χ2v) is 5.15. The van der Waals surface area contributed by atoms with Gasteiger partial charge in [-0.15, -0.1) is 0 Å². The van der Waals surface area contributed by atoms with Gasteiger partial charge in [-0.1, -0.05) is 17.7 Å². The molecule has 2 aromatic heterocycles. The third kappa shape index (κ3) is 2.58. The first-order valence-corrected chi connectivity index (χ1v) is 6.76. The van der Waals surface area contributed by atoms with Crippen molar-refractivity contribution in [1.29, 1.82) is 0 Å². The molecule has 3 aromatic rings. The molecule has 3 rings (SSSR count). The number of nitrogens with zero attached hydrogens (tertiary/aromatic N) is 3. The van der Waals surface area contributed by atoms with Gasteiger partial charge in [0.2, 0.25) is 0 Å². The number of hydrogen-bond donors (Lipinski definition) is 0. The minimum Gasteiger partial charge on any atom is -0.370 e. The second-order valence-electron chi connectivity index (χ2n) is 4.71. The Labute approximate surface area is 122 Å². The first kappa shape index (κ1) is 12.9. The van der Waals surface area contributed by atoms with Crippen LogP contribution in [0.1, 0.15) is 5.56 Å². The lowest BCUT2D eigenvalue weighted by Crippen LogP contribution is -2.16. The van der Waals surface area contributed by atoms with Gasteiger partial charge < -0.3 is 4.90 Å². The van der Waals surface area contributed by atoms with E-state index < -0.39 is 0 Å². The van der Waals surface area contributed by atoms with Crippen LogP contribution in [0.3, 0.4) is 0 Å². The summed E-state index contributed by atoms with van der Waals surface area (Å²) < 4.78 is 0. The Hall–Kier alpha value is -2.13. The molecule has 0 saturated heterocycles. The van der Waals surface area contributed by atoms with E-state index in [1.807, 2.05) is 42.7 Å². The van der Waals surface area contributed by atoms with Crippen molar-refractivity contribution in [2.75, 3.05) is 11.9 Å². The largest absolute Gasteiger partial charge is 0.370 e. The van der Waals surface area contributed by atoms with Gasteiger partial charge in [0.05, 0.1) is 5.52 Å². The van der Waals surface area contributed by atoms with E-state index in [1.54, 1.807) is 6.20 Å². The summed E-state index contributed by atoms with van der Waals surface area (Å²) in [6.07, 6.45) is 5.48. The average molecular weight is 284 g/mol. The molecule has 0 aliphatic rings. The van der Waals surface area contributed by atoms with Crippen LogP contribution in [0.15, 0.2) is 55.0 Å². The van der Waals surface area contributed by atoms with Crippen LogP contribution < -0.4 is 4.90 Å². The number of hydrogen-bond acceptors (Lipinski definition) is 3. The molecule has 20 heavy (non-hydrogen) atoms. The van der Waals surface area contributed by atoms with Gasteiger partial charge in [-0.05, 0) is 35.9 Å². The fourth-order valence-electron chi connectivity index (χ4n) is 2.29. The molecule has 0 bridgehead atoms. The van der Waals surface area contributed by atoms with Gasteiger partial charge >= 0.3 is 0 Å². The minimum atomic E-state index is 0.706. The van der Waals surface area contributed by atoms with Crippen LogP contribution in [0.2, 0.25) is 5.02 Å². The summed E-state index contributed by atoms with van der Waals surface area (Å²) >= 11 is 6.02. The number of rotatable bonds is 3. The smallest absolute Gasteiger partial charge is 0.0737 e. The highest BCUT2D eigenvalue weighted by Gasteiger charge is 2.07. The summed E-state index contributed by atoms with van der Waals surface area (Å²) in [4.78, 5) is 10.7. The molecule has 0 fully saturated rings. The lowest BCUT2D eigenvalue weighted by Gasteiger charge is -2.21. The van der Waals surface area contributed by atoms with Gasteiger partial charge in [0, 0.05) is 48.3 Å². The van der Waals surface area contributed by atoms with Crippen LogP contribution in [0, 0.1) is 0 Å². The normalized spacial score (nSPS) is 10.7. The maximum absolute atomic E-state index is 6.02. The van der Waals surface area contributed by atoms with E-state index in [4.69, 9.17) is 11.6 Å². The molecule has 2 heterocycles. The molecule has 4 heteroatoms. The van der Waals surface area contributed by atoms with Crippen LogP contribution in [-0.2, 0) is 6.54 Å². The summed E-state index contributed by atoms with van der Waals surface area (Å²) in [5.74, 6) is 0. The maximum atomic E-state index is 6.02. The summed E-state index contributed by atoms with van der Waals surface area (Å²) in [5, 5.41) is 1.81. The molecule has 0 saturated carbocycles. The predicted molar refractivity (Wildman–Crippen MR) is 83.1 cm³/mol. The second kappa shape index (κ2) is 5.47. The zero-order valence-electron chi connectivity index (χ0n) is 11.1. The first-order valence-electron chi connectivity index (χ1n) is 6.38. The van der Waals surface area contributed by atoms with Crippen LogP contribution in [0.4, 0.5) is 5.69 Å². The summed E-state index contributed by atoms with van der Waals surface area (Å²) in [5.41, 5.74) is 3.22. The van der Waals surface area contributed by atoms with E-state index >= 15 is 0 Å². The molecule has 0 radical (unpaired) electrons. The molecule has 1 aromatic carbocycles. The lowest BCUT2D eigenvalue weighted by atomic mass is 10.1. The summed E-state index contributed by atoms with van der Waals surface area (Å²) in [7, 11) is 2.07. The average Bonchev–Trinajstić information content (AvgIpc) is 2.47. The van der Waals surface area contributed by atoms with E-state index in [-0.39, 0.29) is 0 Å². The van der Waals surface area contributed by atoms with Crippen molar-refractivity contribution in [3.63, 3.8) is 0 Å². The SMILES string of the molecule is CN(Cc1cccnc1)c1ccnc2cc(Cl)ccc12. The molecule has 0 atom stereocenters. The van der Waals surface area contributed by atoms with Crippen LogP contribution in [-0.4, -0.2) is 17.0 Å². The molecule has 0 spiro atoms. The molecule has 0 amide bonds. The predicted octanol–water partition coefficient (Wildman–Crippen LogP) is 3.92. The van der Waals surface area contributed by atoms with Crippen LogP contribution in [0.5, 0.6) is 0 Å². The Morgan fingerprint density at radius 2 is 2.05 bits per heavy atom. The number of halogens is 1. The molecular weight excluding hydrogens is 270 g/mol. The van der Waals surface area contributed by atoms with Gasteiger partial charge in [0.15, 0.2) is 0 Å². The highest BCUT2D eigenvalue weighted by Crippen LogP contribution is 2.27. The van der Waals surface area contributed by atoms with Gasteiger partial charge in [-0.3, -0.25) is 9.97 Å². The van der Waals surface area contributed by atoms with Gasteiger partial charge in [-0.25, -0.2) is 0 Å². The van der Waals surface area contributed by atoms with Crippen molar-refractivity contribution in [2.24, 2.45) is 0 Å². The van der Waals surface area contributed by atoms with E-state index in [2.05, 4.69) is 28.0 Å². The van der Waals surface area contributed by atoms with Crippen molar-refractivity contribution >= 4 is 28.2 Å². The number of anilines is 1. The van der Waals surface area contributed by atoms with Crippen molar-refractivity contribution < 1.29 is 0 Å². The van der Waals surface area contributed by atoms with Crippen molar-refractivity contribution in [2.45, 2.75) is 6.54 Å². The van der Waals surface area contributed by atoms with Gasteiger partial charge in [0.25, 0.3) is 0 Å². The number of benzene rings is 1. The maximum Gasteiger partial charge on any atom is 0.0737 e. The third-order valence-electron chi connectivity index (χ3n) is 3.24. The Bertz CT molecular complexity index is 728. The van der Waals surface area contributed by atoms with E-state index in [1.165, 1.54) is 5.56 Å². The Morgan fingerprint density at radius 3 is 2.85 bits per heavy atom. The molecule has 100 valence electrons. The fourth-order valence-corrected chi connectivity index (χ4v) is 2.46. The molecule has 0 aliphatic heterocycles. The van der Waals surface area contributed by atoms with Crippen LogP contribution in [0.25, 0.3) is 10.9 Å². The monoisotopic (exact) mass is 283 g/mol. The first-order chi connectivity index (χ1) is 9.74. The topological polar surface area (TPSA) is 29.0 Å². The highest BCUT2D eigenvalue weighted by molar-refractivity contribution is 6.31.